The number of morpholine rings is 1. The van der Waals surface area contributed by atoms with Crippen molar-refractivity contribution in [1.29, 1.82) is 0 Å². The van der Waals surface area contributed by atoms with Gasteiger partial charge in [-0.2, -0.15) is 0 Å². The van der Waals surface area contributed by atoms with E-state index in [2.05, 4.69) is 24.1 Å². The molecule has 0 bridgehead atoms. The molecule has 34 heavy (non-hydrogen) atoms. The Morgan fingerprint density at radius 2 is 1.91 bits per heavy atom. The van der Waals surface area contributed by atoms with Crippen LogP contribution in [0.1, 0.15) is 53.7 Å². The molecule has 1 amide bonds. The minimum atomic E-state index is -0.332. The topological polar surface area (TPSA) is 80.8 Å². The van der Waals surface area contributed by atoms with Gasteiger partial charge in [0.25, 0.3) is 0 Å². The van der Waals surface area contributed by atoms with Crippen LogP contribution < -0.4 is 10.2 Å². The highest BCUT2D eigenvalue weighted by molar-refractivity contribution is 7.22. The average molecular weight is 480 g/mol. The van der Waals surface area contributed by atoms with E-state index in [9.17, 15) is 9.59 Å². The van der Waals surface area contributed by atoms with Gasteiger partial charge in [-0.3, -0.25) is 9.59 Å². The average Bonchev–Trinajstić information content (AvgIpc) is 3.22. The molecular formula is C26H29N3O4S. The first-order valence-electron chi connectivity index (χ1n) is 11.7. The second kappa shape index (κ2) is 9.09. The van der Waals surface area contributed by atoms with Gasteiger partial charge in [0.2, 0.25) is 11.7 Å². The standard InChI is InChI=1S/C26H29N3O4S/c1-4-19(30)28-21-20-17-15-33-26(2,3)14-18(17)27-25(29-10-12-32-13-11-29)23(20)34-24(21)22(31)16-8-6-5-7-9-16/h5-9H,4,10-15H2,1-3H3,(H,28,30). The van der Waals surface area contributed by atoms with Crippen molar-refractivity contribution in [1.82, 2.24) is 4.98 Å². The summed E-state index contributed by atoms with van der Waals surface area (Å²) in [5.41, 5.74) is 2.77. The van der Waals surface area contributed by atoms with Gasteiger partial charge in [0.1, 0.15) is 5.82 Å². The van der Waals surface area contributed by atoms with E-state index in [0.29, 0.717) is 48.8 Å². The van der Waals surface area contributed by atoms with E-state index in [1.807, 2.05) is 25.1 Å². The van der Waals surface area contributed by atoms with Crippen LogP contribution in [0.2, 0.25) is 0 Å². The highest BCUT2D eigenvalue weighted by Crippen LogP contribution is 2.46. The largest absolute Gasteiger partial charge is 0.378 e. The van der Waals surface area contributed by atoms with Crippen LogP contribution in [-0.4, -0.2) is 48.6 Å². The number of nitrogens with one attached hydrogen (secondary N) is 1. The van der Waals surface area contributed by atoms with Gasteiger partial charge < -0.3 is 19.7 Å². The molecule has 2 aliphatic heterocycles. The molecule has 5 rings (SSSR count). The molecule has 0 spiro atoms. The van der Waals surface area contributed by atoms with Gasteiger partial charge in [0, 0.05) is 42.4 Å². The second-order valence-electron chi connectivity index (χ2n) is 9.29. The summed E-state index contributed by atoms with van der Waals surface area (Å²) in [6, 6.07) is 9.20. The van der Waals surface area contributed by atoms with Crippen molar-refractivity contribution in [2.45, 2.75) is 45.8 Å². The molecule has 0 unspecified atom stereocenters. The lowest BCUT2D eigenvalue weighted by Crippen LogP contribution is -2.38. The number of nitrogens with zero attached hydrogens (tertiary/aromatic N) is 2. The molecular weight excluding hydrogens is 450 g/mol. The predicted molar refractivity (Wildman–Crippen MR) is 134 cm³/mol. The summed E-state index contributed by atoms with van der Waals surface area (Å²) in [4.78, 5) is 34.1. The number of hydrogen-bond donors (Lipinski definition) is 1. The maximum Gasteiger partial charge on any atom is 0.224 e. The Bertz CT molecular complexity index is 1250. The van der Waals surface area contributed by atoms with Crippen molar-refractivity contribution in [2.75, 3.05) is 36.5 Å². The van der Waals surface area contributed by atoms with Gasteiger partial charge in [-0.05, 0) is 13.8 Å². The van der Waals surface area contributed by atoms with Gasteiger partial charge in [0.05, 0.1) is 46.4 Å². The molecule has 1 aromatic carbocycles. The minimum Gasteiger partial charge on any atom is -0.378 e. The molecule has 3 aromatic rings. The third-order valence-corrected chi connectivity index (χ3v) is 7.53. The fourth-order valence-corrected chi connectivity index (χ4v) is 5.77. The Morgan fingerprint density at radius 3 is 2.62 bits per heavy atom. The Labute approximate surface area is 203 Å². The summed E-state index contributed by atoms with van der Waals surface area (Å²) < 4.78 is 12.6. The Balaban J connectivity index is 1.77. The summed E-state index contributed by atoms with van der Waals surface area (Å²) in [5.74, 6) is 0.628. The van der Waals surface area contributed by atoms with Crippen molar-refractivity contribution in [2.24, 2.45) is 0 Å². The number of ether oxygens (including phenoxy) is 2. The number of ketones is 1. The molecule has 1 N–H and O–H groups in total. The Hall–Kier alpha value is -2.81. The van der Waals surface area contributed by atoms with Crippen molar-refractivity contribution in [3.63, 3.8) is 0 Å². The van der Waals surface area contributed by atoms with Gasteiger partial charge in [-0.25, -0.2) is 4.98 Å². The van der Waals surface area contributed by atoms with Crippen LogP contribution in [0, 0.1) is 0 Å². The van der Waals surface area contributed by atoms with E-state index in [-0.39, 0.29) is 17.3 Å². The molecule has 0 atom stereocenters. The van der Waals surface area contributed by atoms with E-state index < -0.39 is 0 Å². The van der Waals surface area contributed by atoms with E-state index in [1.54, 1.807) is 12.1 Å². The second-order valence-corrected chi connectivity index (χ2v) is 10.3. The fraction of sp³-hybridized carbons (Fsp3) is 0.423. The summed E-state index contributed by atoms with van der Waals surface area (Å²) >= 11 is 1.41. The van der Waals surface area contributed by atoms with Crippen LogP contribution in [0.15, 0.2) is 30.3 Å². The first-order chi connectivity index (χ1) is 16.4. The third-order valence-electron chi connectivity index (χ3n) is 6.34. The van der Waals surface area contributed by atoms with Crippen molar-refractivity contribution >= 4 is 44.6 Å². The van der Waals surface area contributed by atoms with Gasteiger partial charge in [-0.1, -0.05) is 37.3 Å². The summed E-state index contributed by atoms with van der Waals surface area (Å²) in [6.07, 6.45) is 0.984. The molecule has 1 saturated heterocycles. The number of anilines is 2. The van der Waals surface area contributed by atoms with Gasteiger partial charge >= 0.3 is 0 Å². The third kappa shape index (κ3) is 4.21. The highest BCUT2D eigenvalue weighted by atomic mass is 32.1. The van der Waals surface area contributed by atoms with Crippen LogP contribution in [0.25, 0.3) is 10.1 Å². The van der Waals surface area contributed by atoms with Gasteiger partial charge in [0.15, 0.2) is 0 Å². The maximum atomic E-state index is 13.6. The molecule has 2 aliphatic rings. The molecule has 8 heteroatoms. The molecule has 4 heterocycles. The summed E-state index contributed by atoms with van der Waals surface area (Å²) in [5, 5.41) is 3.94. The number of fused-ring (bicyclic) bond motifs is 3. The summed E-state index contributed by atoms with van der Waals surface area (Å²) in [7, 11) is 0. The van der Waals surface area contributed by atoms with E-state index in [0.717, 1.165) is 40.3 Å². The van der Waals surface area contributed by atoms with Crippen LogP contribution in [0.4, 0.5) is 11.5 Å². The van der Waals surface area contributed by atoms with Crippen LogP contribution in [-0.2, 0) is 27.3 Å². The molecule has 178 valence electrons. The number of thiophene rings is 1. The highest BCUT2D eigenvalue weighted by Gasteiger charge is 2.34. The van der Waals surface area contributed by atoms with Crippen molar-refractivity contribution < 1.29 is 19.1 Å². The smallest absolute Gasteiger partial charge is 0.224 e. The summed E-state index contributed by atoms with van der Waals surface area (Å²) in [6.45, 7) is 9.06. The molecule has 0 radical (unpaired) electrons. The lowest BCUT2D eigenvalue weighted by molar-refractivity contribution is -0.115. The number of aromatic nitrogens is 1. The van der Waals surface area contributed by atoms with Crippen molar-refractivity contribution in [3.8, 4) is 0 Å². The monoisotopic (exact) mass is 479 g/mol. The fourth-order valence-electron chi connectivity index (χ4n) is 4.51. The van der Waals surface area contributed by atoms with E-state index >= 15 is 0 Å². The van der Waals surface area contributed by atoms with Crippen LogP contribution in [0.5, 0.6) is 0 Å². The lowest BCUT2D eigenvalue weighted by Gasteiger charge is -2.34. The van der Waals surface area contributed by atoms with E-state index in [4.69, 9.17) is 14.5 Å². The first kappa shape index (κ1) is 23.0. The number of carbonyl (C=O) groups excluding carboxylic acids is 2. The minimum absolute atomic E-state index is 0.105. The number of benzene rings is 1. The lowest BCUT2D eigenvalue weighted by atomic mass is 9.93. The molecule has 1 fully saturated rings. The van der Waals surface area contributed by atoms with Crippen molar-refractivity contribution in [3.05, 3.63) is 52.0 Å². The normalized spacial score (nSPS) is 17.4. The number of rotatable bonds is 5. The Kier molecular flexibility index (Phi) is 6.14. The van der Waals surface area contributed by atoms with E-state index in [1.165, 1.54) is 11.3 Å². The number of pyridine rings is 1. The molecule has 2 aromatic heterocycles. The van der Waals surface area contributed by atoms with Gasteiger partial charge in [-0.15, -0.1) is 11.3 Å². The Morgan fingerprint density at radius 1 is 1.18 bits per heavy atom. The molecule has 0 aliphatic carbocycles. The number of amides is 1. The SMILES string of the molecule is CCC(=O)Nc1c(C(=O)c2ccccc2)sc2c(N3CCOCC3)nc3c(c12)COC(C)(C)C3. The molecule has 0 saturated carbocycles. The van der Waals surface area contributed by atoms with Crippen LogP contribution in [0.3, 0.4) is 0 Å². The number of carbonyl (C=O) groups is 2. The zero-order valence-corrected chi connectivity index (χ0v) is 20.6. The first-order valence-corrected chi connectivity index (χ1v) is 12.5. The zero-order chi connectivity index (χ0) is 23.9. The quantitative estimate of drug-likeness (QED) is 0.540. The predicted octanol–water partition coefficient (Wildman–Crippen LogP) is 4.56. The zero-order valence-electron chi connectivity index (χ0n) is 19.8. The maximum absolute atomic E-state index is 13.6. The molecule has 7 nitrogen and oxygen atoms in total. The number of hydrogen-bond acceptors (Lipinski definition) is 7. The van der Waals surface area contributed by atoms with Crippen LogP contribution >= 0.6 is 11.3 Å².